The van der Waals surface area contributed by atoms with Crippen LogP contribution in [0.4, 0.5) is 0 Å². The van der Waals surface area contributed by atoms with Crippen LogP contribution >= 0.6 is 23.2 Å². The van der Waals surface area contributed by atoms with Gasteiger partial charge in [0.2, 0.25) is 15.9 Å². The predicted molar refractivity (Wildman–Crippen MR) is 115 cm³/mol. The summed E-state index contributed by atoms with van der Waals surface area (Å²) < 4.78 is 27.6. The van der Waals surface area contributed by atoms with E-state index < -0.39 is 15.7 Å². The molecule has 29 heavy (non-hydrogen) atoms. The molecule has 1 aromatic rings. The zero-order valence-corrected chi connectivity index (χ0v) is 19.0. The minimum Gasteiger partial charge on any atom is -0.319 e. The van der Waals surface area contributed by atoms with Gasteiger partial charge in [-0.05, 0) is 37.3 Å². The summed E-state index contributed by atoms with van der Waals surface area (Å²) >= 11 is 12.2. The first-order valence-corrected chi connectivity index (χ1v) is 12.0. The fourth-order valence-electron chi connectivity index (χ4n) is 4.22. The van der Waals surface area contributed by atoms with Crippen LogP contribution in [0.1, 0.15) is 33.1 Å². The van der Waals surface area contributed by atoms with E-state index in [4.69, 9.17) is 23.2 Å². The Morgan fingerprint density at radius 1 is 1.31 bits per heavy atom. The van der Waals surface area contributed by atoms with Gasteiger partial charge in [-0.1, -0.05) is 49.2 Å². The van der Waals surface area contributed by atoms with Gasteiger partial charge in [0.1, 0.15) is 4.90 Å². The zero-order valence-electron chi connectivity index (χ0n) is 16.7. The molecule has 1 spiro atoms. The molecule has 6 nitrogen and oxygen atoms in total. The molecule has 0 saturated carbocycles. The van der Waals surface area contributed by atoms with E-state index in [0.29, 0.717) is 25.3 Å². The number of piperidine rings is 1. The second kappa shape index (κ2) is 8.55. The van der Waals surface area contributed by atoms with Gasteiger partial charge in [0.15, 0.2) is 0 Å². The van der Waals surface area contributed by atoms with Crippen LogP contribution in [-0.2, 0) is 14.8 Å². The Labute approximate surface area is 182 Å². The van der Waals surface area contributed by atoms with Gasteiger partial charge in [0, 0.05) is 19.6 Å². The van der Waals surface area contributed by atoms with Crippen LogP contribution < -0.4 is 5.32 Å². The molecular formula is C20H27Cl2N3O3S. The molecule has 3 rings (SSSR count). The van der Waals surface area contributed by atoms with Crippen molar-refractivity contribution < 1.29 is 13.2 Å². The molecule has 0 aromatic heterocycles. The van der Waals surface area contributed by atoms with Gasteiger partial charge in [-0.25, -0.2) is 8.42 Å². The molecule has 2 fully saturated rings. The first-order valence-electron chi connectivity index (χ1n) is 9.76. The van der Waals surface area contributed by atoms with Gasteiger partial charge in [-0.15, -0.1) is 6.58 Å². The summed E-state index contributed by atoms with van der Waals surface area (Å²) in [7, 11) is -3.77. The van der Waals surface area contributed by atoms with Crippen molar-refractivity contribution in [1.82, 2.24) is 14.5 Å². The van der Waals surface area contributed by atoms with Crippen molar-refractivity contribution in [3.05, 3.63) is 40.9 Å². The van der Waals surface area contributed by atoms with Gasteiger partial charge in [0.05, 0.1) is 21.7 Å². The molecule has 9 heteroatoms. The maximum absolute atomic E-state index is 13.1. The van der Waals surface area contributed by atoms with Crippen LogP contribution in [0.3, 0.4) is 0 Å². The zero-order chi connectivity index (χ0) is 21.4. The minimum atomic E-state index is -3.77. The molecule has 2 aliphatic rings. The van der Waals surface area contributed by atoms with Crippen molar-refractivity contribution in [3.8, 4) is 0 Å². The summed E-state index contributed by atoms with van der Waals surface area (Å²) in [6, 6.07) is 4.35. The molecule has 1 atom stereocenters. The number of hydrogen-bond acceptors (Lipinski definition) is 4. The van der Waals surface area contributed by atoms with Gasteiger partial charge in [0.25, 0.3) is 0 Å². The standard InChI is InChI=1S/C20H27Cl2N3O3S/c1-4-10-25-19(26)16(13-14(2)3)23-20(25)8-11-24(12-9-20)29(27,28)17-7-5-6-15(21)18(17)22/h4-7,14,16,23H,1,8-13H2,2-3H3/t16-/m1/s1. The minimum absolute atomic E-state index is 0.0127. The molecule has 1 amide bonds. The van der Waals surface area contributed by atoms with E-state index in [-0.39, 0.29) is 40.0 Å². The van der Waals surface area contributed by atoms with E-state index >= 15 is 0 Å². The molecule has 1 N–H and O–H groups in total. The van der Waals surface area contributed by atoms with Crippen molar-refractivity contribution in [1.29, 1.82) is 0 Å². The molecule has 0 bridgehead atoms. The number of sulfonamides is 1. The number of rotatable bonds is 6. The number of halogens is 2. The van der Waals surface area contributed by atoms with Crippen LogP contribution in [-0.4, -0.2) is 54.9 Å². The van der Waals surface area contributed by atoms with Gasteiger partial charge in [-0.2, -0.15) is 4.31 Å². The number of nitrogens with zero attached hydrogens (tertiary/aromatic N) is 2. The number of hydrogen-bond donors (Lipinski definition) is 1. The SMILES string of the molecule is C=CCN1C(=O)[C@@H](CC(C)C)NC12CCN(S(=O)(=O)c1cccc(Cl)c1Cl)CC2. The van der Waals surface area contributed by atoms with Crippen molar-refractivity contribution in [2.24, 2.45) is 5.92 Å². The van der Waals surface area contributed by atoms with Crippen molar-refractivity contribution in [3.63, 3.8) is 0 Å². The number of amides is 1. The predicted octanol–water partition coefficient (Wildman–Crippen LogP) is 3.51. The summed E-state index contributed by atoms with van der Waals surface area (Å²) in [4.78, 5) is 14.8. The molecule has 1 aromatic carbocycles. The van der Waals surface area contributed by atoms with Gasteiger partial charge < -0.3 is 4.90 Å². The monoisotopic (exact) mass is 459 g/mol. The molecule has 0 radical (unpaired) electrons. The van der Waals surface area contributed by atoms with Crippen LogP contribution in [0.5, 0.6) is 0 Å². The maximum atomic E-state index is 13.1. The van der Waals surface area contributed by atoms with Crippen molar-refractivity contribution >= 4 is 39.1 Å². The van der Waals surface area contributed by atoms with E-state index in [0.717, 1.165) is 6.42 Å². The van der Waals surface area contributed by atoms with Crippen molar-refractivity contribution in [2.45, 2.75) is 49.7 Å². The average Bonchev–Trinajstić information content (AvgIpc) is 2.89. The van der Waals surface area contributed by atoms with Crippen LogP contribution in [0.2, 0.25) is 10.0 Å². The van der Waals surface area contributed by atoms with E-state index in [1.165, 1.54) is 10.4 Å². The average molecular weight is 460 g/mol. The lowest BCUT2D eigenvalue weighted by atomic mass is 9.97. The summed E-state index contributed by atoms with van der Waals surface area (Å²) in [5.41, 5.74) is -0.547. The Kier molecular flexibility index (Phi) is 6.65. The second-order valence-corrected chi connectivity index (χ2v) is 10.7. The number of carbonyl (C=O) groups excluding carboxylic acids is 1. The second-order valence-electron chi connectivity index (χ2n) is 8.05. The lowest BCUT2D eigenvalue weighted by Gasteiger charge is -2.44. The van der Waals surface area contributed by atoms with E-state index in [9.17, 15) is 13.2 Å². The smallest absolute Gasteiger partial charge is 0.244 e. The molecule has 0 aliphatic carbocycles. The van der Waals surface area contributed by atoms with Crippen molar-refractivity contribution in [2.75, 3.05) is 19.6 Å². The van der Waals surface area contributed by atoms with Gasteiger partial charge in [-0.3, -0.25) is 10.1 Å². The highest BCUT2D eigenvalue weighted by molar-refractivity contribution is 7.89. The Morgan fingerprint density at radius 2 is 1.97 bits per heavy atom. The largest absolute Gasteiger partial charge is 0.319 e. The molecule has 2 saturated heterocycles. The highest BCUT2D eigenvalue weighted by Crippen LogP contribution is 2.37. The fraction of sp³-hybridized carbons (Fsp3) is 0.550. The Morgan fingerprint density at radius 3 is 2.55 bits per heavy atom. The Bertz CT molecular complexity index is 896. The third-order valence-electron chi connectivity index (χ3n) is 5.63. The summed E-state index contributed by atoms with van der Waals surface area (Å²) in [6.07, 6.45) is 3.46. The van der Waals surface area contributed by atoms with Crippen LogP contribution in [0.25, 0.3) is 0 Å². The first-order chi connectivity index (χ1) is 13.6. The van der Waals surface area contributed by atoms with E-state index in [2.05, 4.69) is 25.7 Å². The quantitative estimate of drug-likeness (QED) is 0.660. The third kappa shape index (κ3) is 4.21. The van der Waals surface area contributed by atoms with E-state index in [1.54, 1.807) is 18.2 Å². The number of benzene rings is 1. The normalized spacial score (nSPS) is 22.6. The van der Waals surface area contributed by atoms with E-state index in [1.807, 2.05) is 4.90 Å². The topological polar surface area (TPSA) is 69.7 Å². The Hall–Kier alpha value is -1.12. The summed E-state index contributed by atoms with van der Waals surface area (Å²) in [5, 5.41) is 3.76. The van der Waals surface area contributed by atoms with Crippen LogP contribution in [0.15, 0.2) is 35.7 Å². The molecule has 2 aliphatic heterocycles. The summed E-state index contributed by atoms with van der Waals surface area (Å²) in [5.74, 6) is 0.440. The lowest BCUT2D eigenvalue weighted by Crippen LogP contribution is -2.59. The van der Waals surface area contributed by atoms with Crippen LogP contribution in [0, 0.1) is 5.92 Å². The molecule has 2 heterocycles. The Balaban J connectivity index is 1.81. The molecule has 160 valence electrons. The first kappa shape index (κ1) is 22.6. The number of nitrogens with one attached hydrogen (secondary N) is 1. The number of carbonyl (C=O) groups is 1. The molecule has 0 unspecified atom stereocenters. The third-order valence-corrected chi connectivity index (χ3v) is 8.50. The highest BCUT2D eigenvalue weighted by Gasteiger charge is 2.52. The maximum Gasteiger partial charge on any atom is 0.244 e. The molecular weight excluding hydrogens is 433 g/mol. The summed E-state index contributed by atoms with van der Waals surface area (Å²) in [6.45, 7) is 8.96. The lowest BCUT2D eigenvalue weighted by molar-refractivity contribution is -0.132. The highest BCUT2D eigenvalue weighted by atomic mass is 35.5. The fourth-order valence-corrected chi connectivity index (χ4v) is 6.40. The van der Waals surface area contributed by atoms with Gasteiger partial charge >= 0.3 is 0 Å².